The highest BCUT2D eigenvalue weighted by Crippen LogP contribution is 2.44. The first-order chi connectivity index (χ1) is 14.5. The van der Waals surface area contributed by atoms with E-state index in [1.165, 1.54) is 28.8 Å². The number of rotatable bonds is 5. The van der Waals surface area contributed by atoms with Crippen LogP contribution in [0.4, 0.5) is 4.39 Å². The number of fused-ring (bicyclic) bond motifs is 1. The normalized spacial score (nSPS) is 20.8. The molecule has 30 heavy (non-hydrogen) atoms. The number of allylic oxidation sites excluding steroid dienone is 1. The van der Waals surface area contributed by atoms with Gasteiger partial charge in [0.1, 0.15) is 12.4 Å². The molecule has 5 nitrogen and oxygen atoms in total. The molecule has 0 bridgehead atoms. The van der Waals surface area contributed by atoms with Crippen molar-refractivity contribution < 1.29 is 18.7 Å². The third kappa shape index (κ3) is 3.77. The summed E-state index contributed by atoms with van der Waals surface area (Å²) < 4.78 is 19.6. The topological polar surface area (TPSA) is 59.0 Å². The van der Waals surface area contributed by atoms with E-state index in [2.05, 4.69) is 4.99 Å². The van der Waals surface area contributed by atoms with Gasteiger partial charge in [0.05, 0.1) is 22.6 Å². The van der Waals surface area contributed by atoms with Crippen molar-refractivity contribution >= 4 is 28.8 Å². The summed E-state index contributed by atoms with van der Waals surface area (Å²) in [4.78, 5) is 32.2. The van der Waals surface area contributed by atoms with Crippen LogP contribution in [-0.4, -0.2) is 27.2 Å². The number of amides is 1. The molecule has 0 N–H and O–H groups in total. The molecule has 0 spiro atoms. The Morgan fingerprint density at radius 2 is 1.97 bits per heavy atom. The van der Waals surface area contributed by atoms with Gasteiger partial charge in [0.2, 0.25) is 5.91 Å². The van der Waals surface area contributed by atoms with Crippen molar-refractivity contribution in [3.63, 3.8) is 0 Å². The number of benzene rings is 2. The predicted octanol–water partition coefficient (Wildman–Crippen LogP) is 4.61. The minimum atomic E-state index is -0.770. The molecule has 154 valence electrons. The van der Waals surface area contributed by atoms with Crippen LogP contribution in [0.1, 0.15) is 37.4 Å². The van der Waals surface area contributed by atoms with Gasteiger partial charge in [-0.05, 0) is 36.6 Å². The van der Waals surface area contributed by atoms with Crippen molar-refractivity contribution in [2.75, 3.05) is 0 Å². The fraction of sp³-hybridized carbons (Fsp3) is 0.261. The van der Waals surface area contributed by atoms with Crippen LogP contribution in [0, 0.1) is 5.82 Å². The van der Waals surface area contributed by atoms with Gasteiger partial charge in [0.25, 0.3) is 0 Å². The first-order valence-corrected chi connectivity index (χ1v) is 10.6. The lowest BCUT2D eigenvalue weighted by atomic mass is 9.94. The molecule has 0 saturated carbocycles. The molecule has 2 aliphatic heterocycles. The molecular weight excluding hydrogens is 403 g/mol. The molecule has 1 fully saturated rings. The Kier molecular flexibility index (Phi) is 5.72. The second-order valence-corrected chi connectivity index (χ2v) is 8.31. The third-order valence-corrected chi connectivity index (χ3v) is 6.44. The molecule has 2 heterocycles. The number of carbonyl (C=O) groups is 2. The lowest BCUT2D eigenvalue weighted by Gasteiger charge is -2.33. The zero-order valence-electron chi connectivity index (χ0n) is 16.7. The van der Waals surface area contributed by atoms with Gasteiger partial charge in [-0.3, -0.25) is 9.69 Å². The summed E-state index contributed by atoms with van der Waals surface area (Å²) in [7, 11) is 0. The van der Waals surface area contributed by atoms with Crippen LogP contribution < -0.4 is 0 Å². The summed E-state index contributed by atoms with van der Waals surface area (Å²) in [5.74, 6) is -1.12. The third-order valence-electron chi connectivity index (χ3n) is 5.12. The number of amidine groups is 1. The molecule has 4 rings (SSSR count). The maximum absolute atomic E-state index is 14.0. The van der Waals surface area contributed by atoms with E-state index >= 15 is 0 Å². The summed E-state index contributed by atoms with van der Waals surface area (Å²) in [5, 5.41) is 0.269. The number of hydrogen-bond acceptors (Lipinski definition) is 5. The summed E-state index contributed by atoms with van der Waals surface area (Å²) >= 11 is 1.38. The Morgan fingerprint density at radius 3 is 2.67 bits per heavy atom. The molecule has 2 unspecified atom stereocenters. The first-order valence-electron chi connectivity index (χ1n) is 9.75. The molecular formula is C23H21FN2O3S. The van der Waals surface area contributed by atoms with Crippen LogP contribution in [0.15, 0.2) is 70.9 Å². The van der Waals surface area contributed by atoms with Gasteiger partial charge in [-0.1, -0.05) is 61.2 Å². The van der Waals surface area contributed by atoms with Crippen LogP contribution >= 0.6 is 11.8 Å². The minimum Gasteiger partial charge on any atom is -0.457 e. The molecule has 0 radical (unpaired) electrons. The Labute approximate surface area is 178 Å². The van der Waals surface area contributed by atoms with Gasteiger partial charge in [0, 0.05) is 0 Å². The molecule has 1 amide bonds. The number of ether oxygens (including phenoxy) is 1. The first kappa shape index (κ1) is 20.3. The lowest BCUT2D eigenvalue weighted by Crippen LogP contribution is -2.40. The van der Waals surface area contributed by atoms with E-state index in [4.69, 9.17) is 4.74 Å². The van der Waals surface area contributed by atoms with E-state index in [0.29, 0.717) is 22.8 Å². The average Bonchev–Trinajstić information content (AvgIpc) is 3.06. The van der Waals surface area contributed by atoms with Crippen LogP contribution in [0.2, 0.25) is 0 Å². The monoisotopic (exact) mass is 424 g/mol. The Morgan fingerprint density at radius 1 is 1.20 bits per heavy atom. The zero-order chi connectivity index (χ0) is 21.3. The van der Waals surface area contributed by atoms with Crippen molar-refractivity contribution in [3.8, 4) is 0 Å². The number of nitrogens with zero attached hydrogens (tertiary/aromatic N) is 2. The quantitative estimate of drug-likeness (QED) is 0.658. The summed E-state index contributed by atoms with van der Waals surface area (Å²) in [6.07, 6.45) is 0.641. The van der Waals surface area contributed by atoms with Crippen molar-refractivity contribution in [1.29, 1.82) is 0 Å². The molecule has 0 aliphatic carbocycles. The summed E-state index contributed by atoms with van der Waals surface area (Å²) in [5.41, 5.74) is 2.10. The van der Waals surface area contributed by atoms with Crippen molar-refractivity contribution in [3.05, 3.63) is 82.8 Å². The number of hydrogen-bond donors (Lipinski definition) is 0. The van der Waals surface area contributed by atoms with E-state index in [1.807, 2.05) is 37.3 Å². The lowest BCUT2D eigenvalue weighted by molar-refractivity contribution is -0.141. The maximum Gasteiger partial charge on any atom is 0.338 e. The van der Waals surface area contributed by atoms with E-state index in [1.54, 1.807) is 19.1 Å². The number of halogens is 1. The zero-order valence-corrected chi connectivity index (χ0v) is 17.5. The van der Waals surface area contributed by atoms with Gasteiger partial charge >= 0.3 is 5.97 Å². The molecule has 2 aliphatic rings. The van der Waals surface area contributed by atoms with E-state index < -0.39 is 17.8 Å². The fourth-order valence-electron chi connectivity index (χ4n) is 3.64. The standard InChI is InChI=1S/C23H21FN2O3S/c1-3-18-21(27)26-20(16-10-7-11-17(24)12-16)19(14(2)25-23(26)30-18)22(28)29-13-15-8-5-4-6-9-15/h4-12,18,20H,3,13H2,1-2H3. The number of thioether (sulfide) groups is 1. The molecule has 7 heteroatoms. The Balaban J connectivity index is 1.72. The summed E-state index contributed by atoms with van der Waals surface area (Å²) in [6, 6.07) is 14.5. The van der Waals surface area contributed by atoms with Gasteiger partial charge < -0.3 is 4.74 Å². The highest BCUT2D eigenvalue weighted by atomic mass is 32.2. The van der Waals surface area contributed by atoms with Crippen LogP contribution in [0.25, 0.3) is 0 Å². The van der Waals surface area contributed by atoms with Gasteiger partial charge in [-0.25, -0.2) is 14.2 Å². The minimum absolute atomic E-state index is 0.100. The van der Waals surface area contributed by atoms with Crippen molar-refractivity contribution in [2.24, 2.45) is 4.99 Å². The number of carbonyl (C=O) groups excluding carboxylic acids is 2. The summed E-state index contributed by atoms with van der Waals surface area (Å²) in [6.45, 7) is 3.75. The molecule has 0 aromatic heterocycles. The SMILES string of the molecule is CCC1SC2=NC(C)=C(C(=O)OCc3ccccc3)C(c3cccc(F)c3)N2C1=O. The second kappa shape index (κ2) is 8.44. The van der Waals surface area contributed by atoms with Crippen LogP contribution in [0.3, 0.4) is 0 Å². The van der Waals surface area contributed by atoms with Crippen LogP contribution in [-0.2, 0) is 20.9 Å². The number of aliphatic imine (C=N–C) groups is 1. The predicted molar refractivity (Wildman–Crippen MR) is 114 cm³/mol. The number of esters is 1. The molecule has 1 saturated heterocycles. The van der Waals surface area contributed by atoms with Gasteiger partial charge in [-0.2, -0.15) is 0 Å². The largest absolute Gasteiger partial charge is 0.457 e. The fourth-order valence-corrected chi connectivity index (χ4v) is 4.78. The van der Waals surface area contributed by atoms with E-state index in [9.17, 15) is 14.0 Å². The Hall–Kier alpha value is -2.93. The molecule has 2 aromatic rings. The van der Waals surface area contributed by atoms with E-state index in [0.717, 1.165) is 5.56 Å². The molecule has 2 atom stereocenters. The van der Waals surface area contributed by atoms with E-state index in [-0.39, 0.29) is 23.3 Å². The molecule has 2 aromatic carbocycles. The van der Waals surface area contributed by atoms with Gasteiger partial charge in [0.15, 0.2) is 5.17 Å². The average molecular weight is 424 g/mol. The van der Waals surface area contributed by atoms with Gasteiger partial charge in [-0.15, -0.1) is 0 Å². The second-order valence-electron chi connectivity index (χ2n) is 7.14. The maximum atomic E-state index is 14.0. The highest BCUT2D eigenvalue weighted by molar-refractivity contribution is 8.15. The Bertz CT molecular complexity index is 1050. The van der Waals surface area contributed by atoms with Crippen molar-refractivity contribution in [1.82, 2.24) is 4.90 Å². The van der Waals surface area contributed by atoms with Crippen LogP contribution in [0.5, 0.6) is 0 Å². The van der Waals surface area contributed by atoms with Crippen molar-refractivity contribution in [2.45, 2.75) is 38.2 Å². The highest BCUT2D eigenvalue weighted by Gasteiger charge is 2.47. The smallest absolute Gasteiger partial charge is 0.338 e.